The van der Waals surface area contributed by atoms with E-state index < -0.39 is 35.9 Å². The molecule has 1 saturated heterocycles. The van der Waals surface area contributed by atoms with Crippen LogP contribution in [0.25, 0.3) is 11.1 Å². The minimum absolute atomic E-state index is 0.0144. The Morgan fingerprint density at radius 3 is 2.14 bits per heavy atom. The van der Waals surface area contributed by atoms with Crippen LogP contribution in [0.5, 0.6) is 0 Å². The van der Waals surface area contributed by atoms with Crippen LogP contribution in [0, 0.1) is 5.92 Å². The predicted octanol–water partition coefficient (Wildman–Crippen LogP) is 1.20. The number of alkyl carbamates (subject to hydrolysis) is 1. The molecule has 0 radical (unpaired) electrons. The zero-order chi connectivity index (χ0) is 24.9. The number of benzene rings is 2. The van der Waals surface area contributed by atoms with Crippen LogP contribution >= 0.6 is 0 Å². The Labute approximate surface area is 202 Å². The normalized spacial score (nSPS) is 18.5. The molecule has 0 spiro atoms. The Morgan fingerprint density at radius 2 is 1.57 bits per heavy atom. The minimum Gasteiger partial charge on any atom is -0.481 e. The van der Waals surface area contributed by atoms with Crippen LogP contribution in [0.2, 0.25) is 0 Å². The molecule has 0 saturated carbocycles. The monoisotopic (exact) mass is 481 g/mol. The molecule has 2 aliphatic rings. The number of carbonyl (C=O) groups is 4. The number of hydrogen-bond acceptors (Lipinski definition) is 6. The summed E-state index contributed by atoms with van der Waals surface area (Å²) in [6.07, 6.45) is -1.33. The summed E-state index contributed by atoms with van der Waals surface area (Å²) >= 11 is 0. The zero-order valence-electron chi connectivity index (χ0n) is 19.2. The smallest absolute Gasteiger partial charge is 0.407 e. The van der Waals surface area contributed by atoms with Crippen molar-refractivity contribution in [3.05, 3.63) is 59.7 Å². The molecular formula is C25H27N3O7. The number of nitrogens with one attached hydrogen (secondary N) is 2. The van der Waals surface area contributed by atoms with Gasteiger partial charge in [0.15, 0.2) is 0 Å². The van der Waals surface area contributed by atoms with Crippen LogP contribution in [-0.2, 0) is 23.9 Å². The number of carboxylic acid groups (broad SMARTS) is 1. The van der Waals surface area contributed by atoms with E-state index in [2.05, 4.69) is 10.6 Å². The summed E-state index contributed by atoms with van der Waals surface area (Å²) in [5.41, 5.74) is 4.40. The van der Waals surface area contributed by atoms with Gasteiger partial charge < -0.3 is 30.1 Å². The SMILES string of the molecule is COC1CN(C(=O)CNC(=O)CNC(=O)OCC2c3ccccc3-c3ccccc32)CC1C(=O)O. The Hall–Kier alpha value is -3.92. The van der Waals surface area contributed by atoms with Crippen LogP contribution in [0.4, 0.5) is 4.79 Å². The van der Waals surface area contributed by atoms with Gasteiger partial charge in [-0.1, -0.05) is 48.5 Å². The van der Waals surface area contributed by atoms with Crippen molar-refractivity contribution in [3.8, 4) is 11.1 Å². The third kappa shape index (κ3) is 5.27. The van der Waals surface area contributed by atoms with E-state index in [1.165, 1.54) is 12.0 Å². The van der Waals surface area contributed by atoms with Gasteiger partial charge in [-0.3, -0.25) is 14.4 Å². The Bertz CT molecular complexity index is 1090. The maximum atomic E-state index is 12.3. The molecule has 184 valence electrons. The fraction of sp³-hybridized carbons (Fsp3) is 0.360. The first-order valence-corrected chi connectivity index (χ1v) is 11.3. The van der Waals surface area contributed by atoms with Crippen LogP contribution in [0.3, 0.4) is 0 Å². The maximum absolute atomic E-state index is 12.3. The van der Waals surface area contributed by atoms with Crippen molar-refractivity contribution in [2.45, 2.75) is 12.0 Å². The van der Waals surface area contributed by atoms with E-state index in [9.17, 15) is 24.3 Å². The third-order valence-electron chi connectivity index (χ3n) is 6.41. The summed E-state index contributed by atoms with van der Waals surface area (Å²) in [5, 5.41) is 14.0. The largest absolute Gasteiger partial charge is 0.481 e. The van der Waals surface area contributed by atoms with Gasteiger partial charge in [-0.2, -0.15) is 0 Å². The molecule has 2 atom stereocenters. The summed E-state index contributed by atoms with van der Waals surface area (Å²) in [4.78, 5) is 49.2. The van der Waals surface area contributed by atoms with E-state index in [4.69, 9.17) is 9.47 Å². The van der Waals surface area contributed by atoms with Crippen LogP contribution < -0.4 is 10.6 Å². The highest BCUT2D eigenvalue weighted by molar-refractivity contribution is 5.88. The maximum Gasteiger partial charge on any atom is 0.407 e. The summed E-state index contributed by atoms with van der Waals surface area (Å²) in [6.45, 7) is -0.391. The highest BCUT2D eigenvalue weighted by atomic mass is 16.5. The summed E-state index contributed by atoms with van der Waals surface area (Å²) in [6, 6.07) is 15.9. The zero-order valence-corrected chi connectivity index (χ0v) is 19.2. The fourth-order valence-corrected chi connectivity index (χ4v) is 4.60. The number of nitrogens with zero attached hydrogens (tertiary/aromatic N) is 1. The second-order valence-electron chi connectivity index (χ2n) is 8.47. The summed E-state index contributed by atoms with van der Waals surface area (Å²) < 4.78 is 10.5. The van der Waals surface area contributed by atoms with E-state index in [1.54, 1.807) is 0 Å². The summed E-state index contributed by atoms with van der Waals surface area (Å²) in [7, 11) is 1.39. The topological polar surface area (TPSA) is 134 Å². The minimum atomic E-state index is -1.04. The molecular weight excluding hydrogens is 454 g/mol. The number of carbonyl (C=O) groups excluding carboxylic acids is 3. The molecule has 2 unspecified atom stereocenters. The molecule has 3 amide bonds. The molecule has 1 heterocycles. The molecule has 10 nitrogen and oxygen atoms in total. The van der Waals surface area contributed by atoms with Crippen LogP contribution in [0.15, 0.2) is 48.5 Å². The molecule has 0 bridgehead atoms. The number of aliphatic carboxylic acids is 1. The molecule has 2 aromatic carbocycles. The standard InChI is InChI=1S/C25H27N3O7/c1-34-21-13-28(12-19(21)24(31)32)23(30)11-26-22(29)10-27-25(33)35-14-20-17-8-4-2-6-15(17)16-7-3-5-9-18(16)20/h2-9,19-21H,10-14H2,1H3,(H,26,29)(H,27,33)(H,31,32). The van der Waals surface area contributed by atoms with Crippen molar-refractivity contribution in [1.29, 1.82) is 0 Å². The lowest BCUT2D eigenvalue weighted by Crippen LogP contribution is -2.43. The molecule has 3 N–H and O–H groups in total. The Balaban J connectivity index is 1.21. The number of methoxy groups -OCH3 is 1. The highest BCUT2D eigenvalue weighted by Crippen LogP contribution is 2.44. The number of ether oxygens (including phenoxy) is 2. The molecule has 1 aliphatic heterocycles. The van der Waals surface area contributed by atoms with E-state index >= 15 is 0 Å². The number of rotatable bonds is 8. The summed E-state index contributed by atoms with van der Waals surface area (Å²) in [5.74, 6) is -2.93. The average molecular weight is 482 g/mol. The molecule has 4 rings (SSSR count). The molecule has 0 aromatic heterocycles. The highest BCUT2D eigenvalue weighted by Gasteiger charge is 2.39. The Kier molecular flexibility index (Phi) is 7.31. The predicted molar refractivity (Wildman–Crippen MR) is 125 cm³/mol. The first kappa shape index (κ1) is 24.2. The van der Waals surface area contributed by atoms with Gasteiger partial charge in [0.05, 0.1) is 12.6 Å². The van der Waals surface area contributed by atoms with Gasteiger partial charge in [0.25, 0.3) is 0 Å². The lowest BCUT2D eigenvalue weighted by Gasteiger charge is -2.16. The van der Waals surface area contributed by atoms with E-state index in [1.807, 2.05) is 48.5 Å². The van der Waals surface area contributed by atoms with Gasteiger partial charge in [0.1, 0.15) is 19.1 Å². The fourth-order valence-electron chi connectivity index (χ4n) is 4.60. The van der Waals surface area contributed by atoms with Crippen molar-refractivity contribution < 1.29 is 33.8 Å². The second-order valence-corrected chi connectivity index (χ2v) is 8.47. The van der Waals surface area contributed by atoms with Gasteiger partial charge in [0.2, 0.25) is 11.8 Å². The molecule has 1 fully saturated rings. The van der Waals surface area contributed by atoms with E-state index in [0.717, 1.165) is 22.3 Å². The van der Waals surface area contributed by atoms with Crippen LogP contribution in [0.1, 0.15) is 17.0 Å². The van der Waals surface area contributed by atoms with Crippen LogP contribution in [-0.4, -0.2) is 79.9 Å². The van der Waals surface area contributed by atoms with Gasteiger partial charge in [-0.25, -0.2) is 4.79 Å². The first-order chi connectivity index (χ1) is 16.9. The second kappa shape index (κ2) is 10.6. The molecule has 10 heteroatoms. The van der Waals surface area contributed by atoms with Gasteiger partial charge in [0, 0.05) is 26.1 Å². The first-order valence-electron chi connectivity index (χ1n) is 11.3. The van der Waals surface area contributed by atoms with E-state index in [-0.39, 0.29) is 38.7 Å². The molecule has 2 aromatic rings. The number of amides is 3. The van der Waals surface area contributed by atoms with Gasteiger partial charge >= 0.3 is 12.1 Å². The number of hydrogen-bond donors (Lipinski definition) is 3. The quantitative estimate of drug-likeness (QED) is 0.516. The lowest BCUT2D eigenvalue weighted by molar-refractivity contribution is -0.144. The molecule has 35 heavy (non-hydrogen) atoms. The number of carboxylic acids is 1. The van der Waals surface area contributed by atoms with Crippen molar-refractivity contribution in [3.63, 3.8) is 0 Å². The Morgan fingerprint density at radius 1 is 0.943 bits per heavy atom. The van der Waals surface area contributed by atoms with Crippen molar-refractivity contribution in [1.82, 2.24) is 15.5 Å². The molecule has 1 aliphatic carbocycles. The van der Waals surface area contributed by atoms with Gasteiger partial charge in [-0.05, 0) is 22.3 Å². The lowest BCUT2D eigenvalue weighted by atomic mass is 9.98. The number of fused-ring (bicyclic) bond motifs is 3. The number of likely N-dealkylation sites (tertiary alicyclic amines) is 1. The van der Waals surface area contributed by atoms with Crippen molar-refractivity contribution >= 4 is 23.9 Å². The average Bonchev–Trinajstić information content (AvgIpc) is 3.45. The van der Waals surface area contributed by atoms with Gasteiger partial charge in [-0.15, -0.1) is 0 Å². The van der Waals surface area contributed by atoms with Crippen molar-refractivity contribution in [2.24, 2.45) is 5.92 Å². The van der Waals surface area contributed by atoms with E-state index in [0.29, 0.717) is 0 Å². The third-order valence-corrected chi connectivity index (χ3v) is 6.41. The van der Waals surface area contributed by atoms with Crippen molar-refractivity contribution in [2.75, 3.05) is 39.9 Å².